The molecule has 0 unspecified atom stereocenters. The van der Waals surface area contributed by atoms with E-state index in [0.29, 0.717) is 49.7 Å². The Morgan fingerprint density at radius 1 is 1.11 bits per heavy atom. The highest BCUT2D eigenvalue weighted by atomic mass is 35.5. The van der Waals surface area contributed by atoms with Crippen molar-refractivity contribution in [1.82, 2.24) is 24.3 Å². The summed E-state index contributed by atoms with van der Waals surface area (Å²) >= 11 is 6.74. The highest BCUT2D eigenvalue weighted by Gasteiger charge is 2.56. The number of likely N-dealkylation sites (tertiary alicyclic amines) is 2. The second-order valence-electron chi connectivity index (χ2n) is 14.9. The molecule has 1 aromatic carbocycles. The molecule has 9 nitrogen and oxygen atoms in total. The number of rotatable bonds is 4. The van der Waals surface area contributed by atoms with Gasteiger partial charge in [-0.2, -0.15) is 0 Å². The number of fused-ring (bicyclic) bond motifs is 3. The van der Waals surface area contributed by atoms with E-state index in [4.69, 9.17) is 21.3 Å². The normalized spacial score (nSPS) is 25.0. The SMILES string of the molecule is CC(C)n1cnc2cc(-c3ccc4c(c3)N([C@H]3C[C@@H](N5CCC[C@@H](F)C5)C3)C(=O)C43CCN(C(=O)OC(C)(C)C)CC3)nc(Cl)c21. The van der Waals surface area contributed by atoms with Gasteiger partial charge in [0, 0.05) is 49.0 Å². The highest BCUT2D eigenvalue weighted by molar-refractivity contribution is 6.34. The number of nitrogens with zero attached hydrogens (tertiary/aromatic N) is 6. The van der Waals surface area contributed by atoms with Crippen LogP contribution in [-0.4, -0.2) is 86.4 Å². The summed E-state index contributed by atoms with van der Waals surface area (Å²) in [7, 11) is 0. The van der Waals surface area contributed by atoms with E-state index >= 15 is 0 Å². The summed E-state index contributed by atoms with van der Waals surface area (Å²) in [5.41, 5.74) is 3.78. The number of amides is 2. The van der Waals surface area contributed by atoms with Gasteiger partial charge in [0.2, 0.25) is 5.91 Å². The van der Waals surface area contributed by atoms with Crippen molar-refractivity contribution in [2.24, 2.45) is 0 Å². The van der Waals surface area contributed by atoms with E-state index < -0.39 is 17.2 Å². The summed E-state index contributed by atoms with van der Waals surface area (Å²) < 4.78 is 21.9. The van der Waals surface area contributed by atoms with Gasteiger partial charge in [0.25, 0.3) is 0 Å². The fourth-order valence-corrected chi connectivity index (χ4v) is 8.18. The van der Waals surface area contributed by atoms with E-state index in [1.54, 1.807) is 11.2 Å². The number of carbonyl (C=O) groups is 2. The standard InChI is InChI=1S/C35H44ClFN6O3/c1-21(2)42-20-38-28-18-27(39-31(36)30(28)42)22-8-9-26-29(15-22)43(25-16-24(17-25)41-12-6-7-23(37)19-41)32(44)35(26)10-13-40(14-11-35)33(45)46-34(3,4)5/h8-9,15,18,20-21,23-25H,6-7,10-14,16-17,19H2,1-5H3/t23-,24-,25+/m1/s1. The molecule has 1 aliphatic carbocycles. The quantitative estimate of drug-likeness (QED) is 0.285. The van der Waals surface area contributed by atoms with Crippen molar-refractivity contribution >= 4 is 40.3 Å². The maximum Gasteiger partial charge on any atom is 0.410 e. The summed E-state index contributed by atoms with van der Waals surface area (Å²) in [4.78, 5) is 42.9. The molecule has 11 heteroatoms. The van der Waals surface area contributed by atoms with Crippen molar-refractivity contribution in [3.8, 4) is 11.3 Å². The van der Waals surface area contributed by atoms with Gasteiger partial charge in [0.1, 0.15) is 17.3 Å². The topological polar surface area (TPSA) is 83.8 Å². The molecule has 3 aliphatic heterocycles. The van der Waals surface area contributed by atoms with Gasteiger partial charge in [-0.25, -0.2) is 19.2 Å². The van der Waals surface area contributed by atoms with E-state index in [1.165, 1.54) is 0 Å². The van der Waals surface area contributed by atoms with Crippen LogP contribution in [0.3, 0.4) is 0 Å². The Labute approximate surface area is 275 Å². The number of hydrogen-bond acceptors (Lipinski definition) is 6. The minimum Gasteiger partial charge on any atom is -0.444 e. The molecule has 2 amide bonds. The van der Waals surface area contributed by atoms with Gasteiger partial charge in [-0.1, -0.05) is 23.7 Å². The Morgan fingerprint density at radius 2 is 1.85 bits per heavy atom. The van der Waals surface area contributed by atoms with Crippen molar-refractivity contribution in [3.05, 3.63) is 41.3 Å². The largest absolute Gasteiger partial charge is 0.444 e. The zero-order valence-electron chi connectivity index (χ0n) is 27.4. The molecule has 46 heavy (non-hydrogen) atoms. The van der Waals surface area contributed by atoms with Gasteiger partial charge in [-0.05, 0) is 97.4 Å². The molecule has 1 atom stereocenters. The van der Waals surface area contributed by atoms with Crippen LogP contribution in [0.25, 0.3) is 22.3 Å². The van der Waals surface area contributed by atoms with Crippen LogP contribution in [-0.2, 0) is 14.9 Å². The molecule has 0 radical (unpaired) electrons. The molecule has 2 aromatic heterocycles. The second kappa shape index (κ2) is 11.5. The maximum absolute atomic E-state index is 14.6. The van der Waals surface area contributed by atoms with Gasteiger partial charge >= 0.3 is 6.09 Å². The maximum atomic E-state index is 14.6. The molecule has 7 rings (SSSR count). The Hall–Kier alpha value is -3.24. The van der Waals surface area contributed by atoms with Crippen molar-refractivity contribution < 1.29 is 18.7 Å². The number of pyridine rings is 1. The molecule has 0 N–H and O–H groups in total. The van der Waals surface area contributed by atoms with E-state index in [0.717, 1.165) is 53.7 Å². The van der Waals surface area contributed by atoms with E-state index in [1.807, 2.05) is 42.4 Å². The van der Waals surface area contributed by atoms with Crippen molar-refractivity contribution in [2.75, 3.05) is 31.1 Å². The van der Waals surface area contributed by atoms with Gasteiger partial charge in [-0.15, -0.1) is 0 Å². The van der Waals surface area contributed by atoms with Crippen molar-refractivity contribution in [3.63, 3.8) is 0 Å². The lowest BCUT2D eigenvalue weighted by Gasteiger charge is -2.48. The third kappa shape index (κ3) is 5.35. The number of alkyl halides is 1. The lowest BCUT2D eigenvalue weighted by molar-refractivity contribution is -0.126. The average Bonchev–Trinajstić information content (AvgIpc) is 3.51. The second-order valence-corrected chi connectivity index (χ2v) is 15.2. The molecule has 0 bridgehead atoms. The van der Waals surface area contributed by atoms with E-state index in [9.17, 15) is 14.0 Å². The number of hydrogen-bond donors (Lipinski definition) is 0. The van der Waals surface area contributed by atoms with Crippen LogP contribution in [0, 0.1) is 0 Å². The minimum absolute atomic E-state index is 0.0375. The fraction of sp³-hybridized carbons (Fsp3) is 0.600. The first-order valence-corrected chi connectivity index (χ1v) is 17.1. The monoisotopic (exact) mass is 650 g/mol. The summed E-state index contributed by atoms with van der Waals surface area (Å²) in [6, 6.07) is 8.66. The molecular weight excluding hydrogens is 607 g/mol. The Balaban J connectivity index is 1.21. The van der Waals surface area contributed by atoms with Crippen LogP contribution in [0.15, 0.2) is 30.6 Å². The number of ether oxygens (including phenoxy) is 1. The Bertz CT molecular complexity index is 1670. The number of aromatic nitrogens is 3. The number of piperidine rings is 2. The zero-order valence-corrected chi connectivity index (χ0v) is 28.2. The summed E-state index contributed by atoms with van der Waals surface area (Å²) in [6.07, 6.45) is 4.91. The molecule has 3 fully saturated rings. The van der Waals surface area contributed by atoms with Crippen LogP contribution >= 0.6 is 11.6 Å². The predicted molar refractivity (Wildman–Crippen MR) is 177 cm³/mol. The number of anilines is 1. The number of benzene rings is 1. The van der Waals surface area contributed by atoms with Crippen LogP contribution in [0.2, 0.25) is 5.15 Å². The number of halogens is 2. The Morgan fingerprint density at radius 3 is 2.52 bits per heavy atom. The number of imidazole rings is 1. The first kappa shape index (κ1) is 31.4. The predicted octanol–water partition coefficient (Wildman–Crippen LogP) is 6.91. The molecule has 1 saturated carbocycles. The highest BCUT2D eigenvalue weighted by Crippen LogP contribution is 2.52. The summed E-state index contributed by atoms with van der Waals surface area (Å²) in [5, 5.41) is 0.396. The fourth-order valence-electron chi connectivity index (χ4n) is 7.90. The number of carbonyl (C=O) groups excluding carboxylic acids is 2. The average molecular weight is 651 g/mol. The van der Waals surface area contributed by atoms with E-state index in [2.05, 4.69) is 35.9 Å². The van der Waals surface area contributed by atoms with Gasteiger partial charge < -0.3 is 19.1 Å². The molecular formula is C35H44ClFN6O3. The van der Waals surface area contributed by atoms with Gasteiger partial charge in [0.05, 0.1) is 23.0 Å². The Kier molecular flexibility index (Phi) is 7.82. The minimum atomic E-state index is -0.772. The summed E-state index contributed by atoms with van der Waals surface area (Å²) in [5.74, 6) is 0.103. The van der Waals surface area contributed by atoms with Gasteiger partial charge in [0.15, 0.2) is 5.15 Å². The molecule has 4 aliphatic rings. The van der Waals surface area contributed by atoms with Crippen LogP contribution in [0.5, 0.6) is 0 Å². The lowest BCUT2D eigenvalue weighted by atomic mass is 9.73. The summed E-state index contributed by atoms with van der Waals surface area (Å²) in [6.45, 7) is 12.0. The smallest absolute Gasteiger partial charge is 0.410 e. The third-order valence-electron chi connectivity index (χ3n) is 10.4. The third-order valence-corrected chi connectivity index (χ3v) is 10.7. The molecule has 5 heterocycles. The first-order valence-electron chi connectivity index (χ1n) is 16.7. The van der Waals surface area contributed by atoms with Crippen LogP contribution < -0.4 is 4.90 Å². The first-order chi connectivity index (χ1) is 21.8. The van der Waals surface area contributed by atoms with Crippen LogP contribution in [0.1, 0.15) is 84.7 Å². The lowest BCUT2D eigenvalue weighted by Crippen LogP contribution is -2.59. The van der Waals surface area contributed by atoms with Crippen molar-refractivity contribution in [1.29, 1.82) is 0 Å². The van der Waals surface area contributed by atoms with Gasteiger partial charge in [-0.3, -0.25) is 9.69 Å². The molecule has 246 valence electrons. The zero-order chi connectivity index (χ0) is 32.5. The molecule has 3 aromatic rings. The molecule has 2 saturated heterocycles. The van der Waals surface area contributed by atoms with Crippen LogP contribution in [0.4, 0.5) is 14.9 Å². The van der Waals surface area contributed by atoms with E-state index in [-0.39, 0.29) is 30.1 Å². The molecule has 1 spiro atoms. The van der Waals surface area contributed by atoms with Crippen molar-refractivity contribution in [2.45, 2.75) is 108 Å².